The normalized spacial score (nSPS) is 13.1. The number of methoxy groups -OCH3 is 2. The number of benzene rings is 2. The summed E-state index contributed by atoms with van der Waals surface area (Å²) in [6.07, 6.45) is 4.15. The Morgan fingerprint density at radius 1 is 0.967 bits per heavy atom. The Labute approximate surface area is 178 Å². The summed E-state index contributed by atoms with van der Waals surface area (Å²) in [6.45, 7) is 6.26. The highest BCUT2D eigenvalue weighted by Gasteiger charge is 2.22. The van der Waals surface area contributed by atoms with Crippen LogP contribution in [-0.4, -0.2) is 44.8 Å². The molecule has 0 aliphatic carbocycles. The highest BCUT2D eigenvalue weighted by molar-refractivity contribution is 5.92. The zero-order valence-corrected chi connectivity index (χ0v) is 18.1. The van der Waals surface area contributed by atoms with Gasteiger partial charge in [0, 0.05) is 30.8 Å². The lowest BCUT2D eigenvalue weighted by molar-refractivity contribution is -0.126. The van der Waals surface area contributed by atoms with Crippen molar-refractivity contribution in [3.63, 3.8) is 0 Å². The molecule has 0 N–H and O–H groups in total. The van der Waals surface area contributed by atoms with Crippen molar-refractivity contribution in [1.29, 1.82) is 0 Å². The van der Waals surface area contributed by atoms with Crippen LogP contribution in [0.3, 0.4) is 0 Å². The lowest BCUT2D eigenvalue weighted by Gasteiger charge is -2.29. The van der Waals surface area contributed by atoms with Gasteiger partial charge in [-0.15, -0.1) is 0 Å². The molecule has 0 spiro atoms. The van der Waals surface area contributed by atoms with E-state index in [9.17, 15) is 4.79 Å². The Hall–Kier alpha value is -3.15. The average molecular weight is 411 g/mol. The van der Waals surface area contributed by atoms with E-state index in [1.807, 2.05) is 43.0 Å². The summed E-state index contributed by atoms with van der Waals surface area (Å²) in [4.78, 5) is 14.6. The largest absolute Gasteiger partial charge is 0.497 e. The number of hydrogen-bond donors (Lipinski definition) is 0. The average Bonchev–Trinajstić information content (AvgIpc) is 2.77. The Morgan fingerprint density at radius 2 is 1.67 bits per heavy atom. The van der Waals surface area contributed by atoms with E-state index in [0.29, 0.717) is 37.8 Å². The molecule has 2 aromatic rings. The van der Waals surface area contributed by atoms with E-state index in [-0.39, 0.29) is 5.91 Å². The standard InChI is InChI=1S/C24H29NO5/c1-5-29-22-13-18-11-12-25(16-19(18)14-23(22)30-6-2)24(26)10-8-17-7-9-20(27-3)15-21(17)28-4/h7-10,13-15H,5-6,11-12,16H2,1-4H3/b10-8+. The highest BCUT2D eigenvalue weighted by atomic mass is 16.5. The number of carbonyl (C=O) groups excluding carboxylic acids is 1. The molecule has 0 radical (unpaired) electrons. The molecular weight excluding hydrogens is 382 g/mol. The molecule has 1 aliphatic heterocycles. The lowest BCUT2D eigenvalue weighted by Crippen LogP contribution is -2.34. The van der Waals surface area contributed by atoms with Crippen LogP contribution in [0.5, 0.6) is 23.0 Å². The van der Waals surface area contributed by atoms with E-state index >= 15 is 0 Å². The van der Waals surface area contributed by atoms with Gasteiger partial charge in [-0.05, 0) is 61.7 Å². The molecular formula is C24H29NO5. The van der Waals surface area contributed by atoms with Crippen LogP contribution in [0, 0.1) is 0 Å². The molecule has 30 heavy (non-hydrogen) atoms. The molecule has 1 heterocycles. The number of nitrogens with zero attached hydrogens (tertiary/aromatic N) is 1. The van der Waals surface area contributed by atoms with Gasteiger partial charge in [-0.25, -0.2) is 0 Å². The molecule has 1 amide bonds. The second-order valence-electron chi connectivity index (χ2n) is 6.88. The van der Waals surface area contributed by atoms with Crippen LogP contribution in [0.1, 0.15) is 30.5 Å². The van der Waals surface area contributed by atoms with Crippen molar-refractivity contribution in [2.45, 2.75) is 26.8 Å². The summed E-state index contributed by atoms with van der Waals surface area (Å²) in [5.74, 6) is 2.83. The zero-order chi connectivity index (χ0) is 21.5. The van der Waals surface area contributed by atoms with Gasteiger partial charge in [-0.2, -0.15) is 0 Å². The number of fused-ring (bicyclic) bond motifs is 1. The third-order valence-corrected chi connectivity index (χ3v) is 5.04. The van der Waals surface area contributed by atoms with Gasteiger partial charge in [-0.3, -0.25) is 4.79 Å². The molecule has 1 aliphatic rings. The minimum Gasteiger partial charge on any atom is -0.497 e. The predicted octanol–water partition coefficient (Wildman–Crippen LogP) is 4.10. The summed E-state index contributed by atoms with van der Waals surface area (Å²) in [6, 6.07) is 9.56. The first-order chi connectivity index (χ1) is 14.6. The summed E-state index contributed by atoms with van der Waals surface area (Å²) in [5.41, 5.74) is 3.12. The third kappa shape index (κ3) is 4.87. The fourth-order valence-electron chi connectivity index (χ4n) is 3.51. The van der Waals surface area contributed by atoms with Gasteiger partial charge in [0.15, 0.2) is 11.5 Å². The molecule has 6 heteroatoms. The van der Waals surface area contributed by atoms with Crippen molar-refractivity contribution >= 4 is 12.0 Å². The van der Waals surface area contributed by atoms with Gasteiger partial charge in [0.25, 0.3) is 0 Å². The fraction of sp³-hybridized carbons (Fsp3) is 0.375. The van der Waals surface area contributed by atoms with Crippen LogP contribution in [0.4, 0.5) is 0 Å². The van der Waals surface area contributed by atoms with Crippen LogP contribution in [0.15, 0.2) is 36.4 Å². The molecule has 3 rings (SSSR count). The van der Waals surface area contributed by atoms with Gasteiger partial charge in [0.05, 0.1) is 27.4 Å². The maximum atomic E-state index is 12.8. The second kappa shape index (κ2) is 10.1. The molecule has 160 valence electrons. The van der Waals surface area contributed by atoms with E-state index in [1.165, 1.54) is 5.56 Å². The summed E-state index contributed by atoms with van der Waals surface area (Å²) in [5, 5.41) is 0. The molecule has 6 nitrogen and oxygen atoms in total. The van der Waals surface area contributed by atoms with Crippen molar-refractivity contribution in [3.05, 3.63) is 53.1 Å². The van der Waals surface area contributed by atoms with Crippen molar-refractivity contribution in [2.24, 2.45) is 0 Å². The van der Waals surface area contributed by atoms with E-state index in [2.05, 4.69) is 0 Å². The maximum absolute atomic E-state index is 12.8. The van der Waals surface area contributed by atoms with Crippen LogP contribution in [0.2, 0.25) is 0 Å². The number of rotatable bonds is 8. The summed E-state index contributed by atoms with van der Waals surface area (Å²) in [7, 11) is 3.21. The molecule has 0 saturated carbocycles. The fourth-order valence-corrected chi connectivity index (χ4v) is 3.51. The van der Waals surface area contributed by atoms with Gasteiger partial charge in [-0.1, -0.05) is 0 Å². The van der Waals surface area contributed by atoms with Crippen LogP contribution in [0.25, 0.3) is 6.08 Å². The monoisotopic (exact) mass is 411 g/mol. The number of carbonyl (C=O) groups is 1. The SMILES string of the molecule is CCOc1cc2c(cc1OCC)CN(C(=O)/C=C/c1ccc(OC)cc1OC)CC2. The molecule has 0 atom stereocenters. The van der Waals surface area contributed by atoms with Crippen LogP contribution < -0.4 is 18.9 Å². The van der Waals surface area contributed by atoms with E-state index in [0.717, 1.165) is 29.0 Å². The van der Waals surface area contributed by atoms with E-state index in [4.69, 9.17) is 18.9 Å². The Balaban J connectivity index is 1.75. The molecule has 0 saturated heterocycles. The number of amides is 1. The Kier molecular flexibility index (Phi) is 7.22. The van der Waals surface area contributed by atoms with Gasteiger partial charge in [0.2, 0.25) is 5.91 Å². The van der Waals surface area contributed by atoms with Crippen molar-refractivity contribution in [1.82, 2.24) is 4.90 Å². The minimum atomic E-state index is -0.0367. The van der Waals surface area contributed by atoms with Crippen LogP contribution in [-0.2, 0) is 17.8 Å². The molecule has 0 bridgehead atoms. The first-order valence-electron chi connectivity index (χ1n) is 10.2. The van der Waals surface area contributed by atoms with Crippen molar-refractivity contribution < 1.29 is 23.7 Å². The van der Waals surface area contributed by atoms with Crippen molar-refractivity contribution in [3.8, 4) is 23.0 Å². The summed E-state index contributed by atoms with van der Waals surface area (Å²) < 4.78 is 22.1. The van der Waals surface area contributed by atoms with Crippen LogP contribution >= 0.6 is 0 Å². The Bertz CT molecular complexity index is 922. The third-order valence-electron chi connectivity index (χ3n) is 5.04. The van der Waals surface area contributed by atoms with E-state index in [1.54, 1.807) is 32.4 Å². The Morgan fingerprint density at radius 3 is 2.30 bits per heavy atom. The molecule has 0 unspecified atom stereocenters. The predicted molar refractivity (Wildman–Crippen MR) is 116 cm³/mol. The maximum Gasteiger partial charge on any atom is 0.246 e. The van der Waals surface area contributed by atoms with Gasteiger partial charge < -0.3 is 23.8 Å². The first kappa shape index (κ1) is 21.6. The molecule has 0 fully saturated rings. The second-order valence-corrected chi connectivity index (χ2v) is 6.88. The zero-order valence-electron chi connectivity index (χ0n) is 18.1. The number of ether oxygens (including phenoxy) is 4. The first-order valence-corrected chi connectivity index (χ1v) is 10.2. The summed E-state index contributed by atoms with van der Waals surface area (Å²) >= 11 is 0. The minimum absolute atomic E-state index is 0.0367. The highest BCUT2D eigenvalue weighted by Crippen LogP contribution is 2.34. The van der Waals surface area contributed by atoms with Gasteiger partial charge in [0.1, 0.15) is 11.5 Å². The number of hydrogen-bond acceptors (Lipinski definition) is 5. The molecule has 0 aromatic heterocycles. The smallest absolute Gasteiger partial charge is 0.246 e. The van der Waals surface area contributed by atoms with E-state index < -0.39 is 0 Å². The quantitative estimate of drug-likeness (QED) is 0.612. The topological polar surface area (TPSA) is 57.2 Å². The van der Waals surface area contributed by atoms with Gasteiger partial charge >= 0.3 is 0 Å². The van der Waals surface area contributed by atoms with Crippen molar-refractivity contribution in [2.75, 3.05) is 34.0 Å². The molecule has 2 aromatic carbocycles. The lowest BCUT2D eigenvalue weighted by atomic mass is 9.98.